The maximum absolute atomic E-state index is 12.2. The average Bonchev–Trinajstić information content (AvgIpc) is 3.36. The van der Waals surface area contributed by atoms with Gasteiger partial charge >= 0.3 is 6.36 Å². The van der Waals surface area contributed by atoms with E-state index in [1.54, 1.807) is 0 Å². The van der Waals surface area contributed by atoms with E-state index in [9.17, 15) is 13.2 Å². The summed E-state index contributed by atoms with van der Waals surface area (Å²) >= 11 is 4.81. The quantitative estimate of drug-likeness (QED) is 0.245. The number of benzene rings is 3. The molecule has 0 fully saturated rings. The van der Waals surface area contributed by atoms with Gasteiger partial charge in [0, 0.05) is 11.3 Å². The average molecular weight is 542 g/mol. The molecule has 200 valence electrons. The third-order valence-corrected chi connectivity index (χ3v) is 5.64. The lowest BCUT2D eigenvalue weighted by Gasteiger charge is -2.12. The van der Waals surface area contributed by atoms with Gasteiger partial charge in [0.15, 0.2) is 10.9 Å². The number of nitrogens with zero attached hydrogens (tertiary/aromatic N) is 3. The van der Waals surface area contributed by atoms with Crippen molar-refractivity contribution in [3.63, 3.8) is 0 Å². The van der Waals surface area contributed by atoms with E-state index in [2.05, 4.69) is 46.1 Å². The van der Waals surface area contributed by atoms with Gasteiger partial charge in [-0.2, -0.15) is 0 Å². The van der Waals surface area contributed by atoms with Crippen molar-refractivity contribution in [1.29, 1.82) is 0 Å². The number of thiocarbonyl (C=S) groups is 1. The number of aromatic nitrogens is 3. The highest BCUT2D eigenvalue weighted by Crippen LogP contribution is 2.24. The van der Waals surface area contributed by atoms with Crippen molar-refractivity contribution >= 4 is 23.0 Å². The summed E-state index contributed by atoms with van der Waals surface area (Å²) in [6, 6.07) is 19.6. The Hall–Kier alpha value is -3.92. The van der Waals surface area contributed by atoms with E-state index in [1.807, 2.05) is 37.3 Å². The predicted octanol–water partition coefficient (Wildman–Crippen LogP) is 7.00. The van der Waals surface area contributed by atoms with Gasteiger partial charge in [0.25, 0.3) is 0 Å². The van der Waals surface area contributed by atoms with Crippen LogP contribution in [-0.2, 0) is 12.8 Å². The number of halogens is 3. The molecule has 1 aromatic heterocycles. The summed E-state index contributed by atoms with van der Waals surface area (Å²) in [6.45, 7) is 6.27. The molecule has 0 saturated heterocycles. The zero-order valence-electron chi connectivity index (χ0n) is 21.4. The Labute approximate surface area is 225 Å². The van der Waals surface area contributed by atoms with Crippen LogP contribution in [0.3, 0.4) is 0 Å². The largest absolute Gasteiger partial charge is 0.573 e. The summed E-state index contributed by atoms with van der Waals surface area (Å²) in [5.74, 6) is 0.289. The summed E-state index contributed by atoms with van der Waals surface area (Å²) in [6.07, 6.45) is -0.160. The van der Waals surface area contributed by atoms with Crippen LogP contribution in [0.25, 0.3) is 17.1 Å². The molecule has 6 nitrogen and oxygen atoms in total. The van der Waals surface area contributed by atoms with Crippen LogP contribution in [0.15, 0.2) is 73.1 Å². The maximum Gasteiger partial charge on any atom is 0.573 e. The van der Waals surface area contributed by atoms with Gasteiger partial charge in [0.2, 0.25) is 0 Å². The van der Waals surface area contributed by atoms with Crippen LogP contribution in [0.4, 0.5) is 18.9 Å². The first kappa shape index (κ1) is 28.6. The zero-order chi connectivity index (χ0) is 27.7. The number of para-hydroxylation sites is 1. The lowest BCUT2D eigenvalue weighted by Crippen LogP contribution is -2.20. The Balaban J connectivity index is 0.000000260. The Morgan fingerprint density at radius 2 is 1.76 bits per heavy atom. The molecule has 0 aliphatic rings. The smallest absolute Gasteiger partial charge is 0.406 e. The molecule has 4 rings (SSSR count). The van der Waals surface area contributed by atoms with Crippen LogP contribution in [-0.4, -0.2) is 26.2 Å². The molecule has 3 N–H and O–H groups in total. The number of aryl methyl sites for hydroxylation is 3. The molecule has 0 saturated carbocycles. The van der Waals surface area contributed by atoms with Crippen molar-refractivity contribution in [2.45, 2.75) is 46.4 Å². The zero-order valence-corrected chi connectivity index (χ0v) is 22.2. The summed E-state index contributed by atoms with van der Waals surface area (Å²) in [7, 11) is 0. The fourth-order valence-corrected chi connectivity index (χ4v) is 3.90. The van der Waals surface area contributed by atoms with Crippen LogP contribution < -0.4 is 15.8 Å². The molecule has 38 heavy (non-hydrogen) atoms. The van der Waals surface area contributed by atoms with Crippen LogP contribution in [0.1, 0.15) is 37.0 Å². The van der Waals surface area contributed by atoms with E-state index in [1.165, 1.54) is 52.0 Å². The third kappa shape index (κ3) is 8.31. The summed E-state index contributed by atoms with van der Waals surface area (Å²) < 4.78 is 42.0. The lowest BCUT2D eigenvalue weighted by molar-refractivity contribution is -0.274. The predicted molar refractivity (Wildman–Crippen MR) is 148 cm³/mol. The minimum Gasteiger partial charge on any atom is -0.406 e. The molecule has 0 amide bonds. The molecule has 10 heteroatoms. The van der Waals surface area contributed by atoms with E-state index in [4.69, 9.17) is 18.0 Å². The van der Waals surface area contributed by atoms with Crippen molar-refractivity contribution in [2.75, 3.05) is 5.32 Å². The number of hydrogen-bond acceptors (Lipinski definition) is 4. The molecular weight excluding hydrogens is 511 g/mol. The second kappa shape index (κ2) is 13.0. The SMILES string of the molecule is CCCc1cccc(-c2ncn(-c3ccc(OC(F)(F)F)cc3)n2)c1.CCc1cccc(C)c1NC(N)=S. The van der Waals surface area contributed by atoms with E-state index in [0.717, 1.165) is 30.5 Å². The number of rotatable bonds is 7. The first-order valence-corrected chi connectivity index (χ1v) is 12.5. The Kier molecular flexibility index (Phi) is 9.84. The molecule has 4 aromatic rings. The normalized spacial score (nSPS) is 10.9. The van der Waals surface area contributed by atoms with Gasteiger partial charge in [-0.15, -0.1) is 18.3 Å². The molecule has 0 radical (unpaired) electrons. The number of nitrogens with one attached hydrogen (secondary N) is 1. The summed E-state index contributed by atoms with van der Waals surface area (Å²) in [4.78, 5) is 4.29. The fraction of sp³-hybridized carbons (Fsp3) is 0.250. The molecule has 0 bridgehead atoms. The van der Waals surface area contributed by atoms with Gasteiger partial charge < -0.3 is 15.8 Å². The van der Waals surface area contributed by atoms with E-state index >= 15 is 0 Å². The highest BCUT2D eigenvalue weighted by molar-refractivity contribution is 7.80. The topological polar surface area (TPSA) is 78.0 Å². The lowest BCUT2D eigenvalue weighted by atomic mass is 10.1. The van der Waals surface area contributed by atoms with Crippen LogP contribution in [0, 0.1) is 6.92 Å². The monoisotopic (exact) mass is 541 g/mol. The minimum absolute atomic E-state index is 0.274. The van der Waals surface area contributed by atoms with E-state index in [-0.39, 0.29) is 5.75 Å². The van der Waals surface area contributed by atoms with Gasteiger partial charge in [-0.1, -0.05) is 56.7 Å². The molecular formula is C28H30F3N5OS. The Morgan fingerprint density at radius 3 is 2.39 bits per heavy atom. The third-order valence-electron chi connectivity index (χ3n) is 5.54. The minimum atomic E-state index is -4.70. The Morgan fingerprint density at radius 1 is 1.05 bits per heavy atom. The number of nitrogens with two attached hydrogens (primary N) is 1. The maximum atomic E-state index is 12.2. The van der Waals surface area contributed by atoms with Gasteiger partial charge in [-0.3, -0.25) is 0 Å². The van der Waals surface area contributed by atoms with Crippen LogP contribution in [0.2, 0.25) is 0 Å². The highest BCUT2D eigenvalue weighted by Gasteiger charge is 2.31. The van der Waals surface area contributed by atoms with E-state index in [0.29, 0.717) is 16.6 Å². The van der Waals surface area contributed by atoms with Crippen molar-refractivity contribution in [3.05, 3.63) is 89.7 Å². The molecule has 0 aliphatic carbocycles. The summed E-state index contributed by atoms with van der Waals surface area (Å²) in [5, 5.41) is 7.72. The Bertz CT molecular complexity index is 1350. The molecule has 3 aromatic carbocycles. The van der Waals surface area contributed by atoms with Gasteiger partial charge in [0.05, 0.1) is 5.69 Å². The molecule has 0 atom stereocenters. The second-order valence-corrected chi connectivity index (χ2v) is 8.90. The molecule has 1 heterocycles. The number of ether oxygens (including phenoxy) is 1. The molecule has 0 aliphatic heterocycles. The van der Waals surface area contributed by atoms with E-state index < -0.39 is 6.36 Å². The van der Waals surface area contributed by atoms with Gasteiger partial charge in [-0.25, -0.2) is 9.67 Å². The van der Waals surface area contributed by atoms with Crippen molar-refractivity contribution in [1.82, 2.24) is 14.8 Å². The number of alkyl halides is 3. The highest BCUT2D eigenvalue weighted by atomic mass is 32.1. The molecule has 0 spiro atoms. The first-order chi connectivity index (χ1) is 18.1. The molecule has 0 unspecified atom stereocenters. The van der Waals surface area contributed by atoms with Crippen molar-refractivity contribution in [2.24, 2.45) is 5.73 Å². The van der Waals surface area contributed by atoms with Crippen LogP contribution in [0.5, 0.6) is 5.75 Å². The van der Waals surface area contributed by atoms with Crippen LogP contribution >= 0.6 is 12.2 Å². The summed E-state index contributed by atoms with van der Waals surface area (Å²) in [5.41, 5.74) is 11.6. The number of hydrogen-bond donors (Lipinski definition) is 2. The fourth-order valence-electron chi connectivity index (χ4n) is 3.80. The van der Waals surface area contributed by atoms with Gasteiger partial charge in [0.1, 0.15) is 12.1 Å². The number of anilines is 1. The second-order valence-electron chi connectivity index (χ2n) is 8.46. The van der Waals surface area contributed by atoms with Gasteiger partial charge in [-0.05, 0) is 79.0 Å². The van der Waals surface area contributed by atoms with Crippen molar-refractivity contribution < 1.29 is 17.9 Å². The standard InChI is InChI=1S/C18H16F3N3O.C10H14N2S/c1-2-4-13-5-3-6-14(11-13)17-22-12-24(23-17)15-7-9-16(10-8-15)25-18(19,20)21;1-3-8-6-4-5-7(2)9(8)12-10(11)13/h3,5-12H,2,4H2,1H3;4-6H,3H2,1-2H3,(H3,11,12,13). The van der Waals surface area contributed by atoms with Crippen molar-refractivity contribution in [3.8, 4) is 22.8 Å². The first-order valence-electron chi connectivity index (χ1n) is 12.1.